The van der Waals surface area contributed by atoms with E-state index >= 15 is 0 Å². The molecule has 0 N–H and O–H groups in total. The van der Waals surface area contributed by atoms with Crippen LogP contribution in [0.5, 0.6) is 0 Å². The molecule has 0 aromatic heterocycles. The Labute approximate surface area is 134 Å². The molecule has 128 valence electrons. The summed E-state index contributed by atoms with van der Waals surface area (Å²) in [7, 11) is 1.34. The second-order valence-corrected chi connectivity index (χ2v) is 5.96. The van der Waals surface area contributed by atoms with Gasteiger partial charge in [0.15, 0.2) is 0 Å². The van der Waals surface area contributed by atoms with E-state index in [-0.39, 0.29) is 5.97 Å². The Kier molecular flexibility index (Phi) is 9.67. The minimum atomic E-state index is -0.457. The smallest absolute Gasteiger partial charge is 0.410 e. The molecule has 5 heteroatoms. The molecule has 0 spiro atoms. The fourth-order valence-corrected chi connectivity index (χ4v) is 2.85. The molecule has 5 nitrogen and oxygen atoms in total. The van der Waals surface area contributed by atoms with Crippen molar-refractivity contribution in [2.75, 3.05) is 20.3 Å². The third kappa shape index (κ3) is 6.67. The average Bonchev–Trinajstić information content (AvgIpc) is 3.02. The highest BCUT2D eigenvalue weighted by Crippen LogP contribution is 2.19. The molecule has 1 fully saturated rings. The van der Waals surface area contributed by atoms with Gasteiger partial charge in [-0.1, -0.05) is 51.9 Å². The van der Waals surface area contributed by atoms with Crippen LogP contribution in [0.2, 0.25) is 0 Å². The van der Waals surface area contributed by atoms with E-state index < -0.39 is 12.1 Å². The van der Waals surface area contributed by atoms with E-state index in [9.17, 15) is 9.59 Å². The van der Waals surface area contributed by atoms with Gasteiger partial charge in [0, 0.05) is 6.54 Å². The van der Waals surface area contributed by atoms with Crippen molar-refractivity contribution < 1.29 is 19.1 Å². The number of nitrogens with zero attached hydrogens (tertiary/aromatic N) is 1. The quantitative estimate of drug-likeness (QED) is 0.453. The number of esters is 1. The molecule has 1 aliphatic heterocycles. The van der Waals surface area contributed by atoms with Gasteiger partial charge in [-0.3, -0.25) is 4.90 Å². The maximum Gasteiger partial charge on any atom is 0.410 e. The van der Waals surface area contributed by atoms with Gasteiger partial charge >= 0.3 is 12.1 Å². The molecule has 22 heavy (non-hydrogen) atoms. The lowest BCUT2D eigenvalue weighted by Gasteiger charge is -2.21. The fraction of sp³-hybridized carbons (Fsp3) is 0.882. The van der Waals surface area contributed by atoms with E-state index in [4.69, 9.17) is 9.47 Å². The standard InChI is InChI=1S/C17H31NO4/c1-3-4-5-6-7-8-9-10-14-22-16(19)15-12-11-13-18(15)17(20)21-2/h15H,3-14H2,1-2H3/t15-/m0/s1. The molecular formula is C17H31NO4. The van der Waals surface area contributed by atoms with Crippen molar-refractivity contribution in [3.63, 3.8) is 0 Å². The lowest BCUT2D eigenvalue weighted by atomic mass is 10.1. The Balaban J connectivity index is 2.07. The Bertz CT molecular complexity index is 333. The van der Waals surface area contributed by atoms with Crippen LogP contribution >= 0.6 is 0 Å². The van der Waals surface area contributed by atoms with Crippen LogP contribution < -0.4 is 0 Å². The normalized spacial score (nSPS) is 17.5. The van der Waals surface area contributed by atoms with Gasteiger partial charge in [-0.15, -0.1) is 0 Å². The summed E-state index contributed by atoms with van der Waals surface area (Å²) in [4.78, 5) is 25.0. The Morgan fingerprint density at radius 3 is 2.32 bits per heavy atom. The van der Waals surface area contributed by atoms with Gasteiger partial charge in [0.25, 0.3) is 0 Å². The summed E-state index contributed by atoms with van der Waals surface area (Å²) in [5.74, 6) is -0.286. The minimum Gasteiger partial charge on any atom is -0.464 e. The van der Waals surface area contributed by atoms with Crippen molar-refractivity contribution in [1.82, 2.24) is 4.90 Å². The van der Waals surface area contributed by atoms with Crippen LogP contribution in [-0.4, -0.2) is 43.3 Å². The van der Waals surface area contributed by atoms with Crippen molar-refractivity contribution in [3.8, 4) is 0 Å². The predicted octanol–water partition coefficient (Wildman–Crippen LogP) is 3.90. The van der Waals surface area contributed by atoms with Crippen LogP contribution in [0.15, 0.2) is 0 Å². The first-order valence-electron chi connectivity index (χ1n) is 8.72. The van der Waals surface area contributed by atoms with E-state index in [0.717, 1.165) is 19.3 Å². The summed E-state index contributed by atoms with van der Waals surface area (Å²) in [5.41, 5.74) is 0. The van der Waals surface area contributed by atoms with Crippen LogP contribution in [0.25, 0.3) is 0 Å². The number of ether oxygens (including phenoxy) is 2. The van der Waals surface area contributed by atoms with Gasteiger partial charge in [-0.05, 0) is 19.3 Å². The van der Waals surface area contributed by atoms with Crippen LogP contribution in [0.4, 0.5) is 4.79 Å². The first-order valence-corrected chi connectivity index (χ1v) is 8.72. The fourth-order valence-electron chi connectivity index (χ4n) is 2.85. The second kappa shape index (κ2) is 11.3. The van der Waals surface area contributed by atoms with E-state index in [0.29, 0.717) is 19.6 Å². The number of unbranched alkanes of at least 4 members (excludes halogenated alkanes) is 7. The zero-order valence-electron chi connectivity index (χ0n) is 14.1. The average molecular weight is 313 g/mol. The Hall–Kier alpha value is -1.26. The highest BCUT2D eigenvalue weighted by molar-refractivity contribution is 5.82. The maximum atomic E-state index is 12.0. The van der Waals surface area contributed by atoms with Crippen LogP contribution in [0.1, 0.15) is 71.1 Å². The van der Waals surface area contributed by atoms with E-state index in [1.54, 1.807) is 0 Å². The van der Waals surface area contributed by atoms with Gasteiger partial charge in [-0.2, -0.15) is 0 Å². The molecule has 0 saturated carbocycles. The van der Waals surface area contributed by atoms with Crippen molar-refractivity contribution in [1.29, 1.82) is 0 Å². The lowest BCUT2D eigenvalue weighted by Crippen LogP contribution is -2.41. The predicted molar refractivity (Wildman–Crippen MR) is 85.7 cm³/mol. The van der Waals surface area contributed by atoms with Gasteiger partial charge in [-0.25, -0.2) is 9.59 Å². The Morgan fingerprint density at radius 2 is 1.68 bits per heavy atom. The number of likely N-dealkylation sites (tertiary alicyclic amines) is 1. The summed E-state index contributed by atoms with van der Waals surface area (Å²) in [6, 6.07) is -0.457. The third-order valence-electron chi connectivity index (χ3n) is 4.18. The summed E-state index contributed by atoms with van der Waals surface area (Å²) in [6.45, 7) is 3.25. The molecular weight excluding hydrogens is 282 g/mol. The number of hydrogen-bond donors (Lipinski definition) is 0. The molecule has 1 saturated heterocycles. The highest BCUT2D eigenvalue weighted by atomic mass is 16.6. The van der Waals surface area contributed by atoms with Crippen molar-refractivity contribution >= 4 is 12.1 Å². The van der Waals surface area contributed by atoms with Crippen LogP contribution in [0, 0.1) is 0 Å². The molecule has 0 aromatic carbocycles. The number of amides is 1. The molecule has 1 aliphatic rings. The van der Waals surface area contributed by atoms with Crippen molar-refractivity contribution in [3.05, 3.63) is 0 Å². The number of rotatable bonds is 10. The molecule has 1 rings (SSSR count). The third-order valence-corrected chi connectivity index (χ3v) is 4.18. The summed E-state index contributed by atoms with van der Waals surface area (Å²) in [6.07, 6.45) is 10.8. The van der Waals surface area contributed by atoms with E-state index in [1.807, 2.05) is 0 Å². The van der Waals surface area contributed by atoms with Crippen molar-refractivity contribution in [2.45, 2.75) is 77.2 Å². The van der Waals surface area contributed by atoms with Gasteiger partial charge in [0.1, 0.15) is 6.04 Å². The maximum absolute atomic E-state index is 12.0. The largest absolute Gasteiger partial charge is 0.464 e. The number of methoxy groups -OCH3 is 1. The zero-order chi connectivity index (χ0) is 16.2. The van der Waals surface area contributed by atoms with Crippen LogP contribution in [-0.2, 0) is 14.3 Å². The number of carbonyl (C=O) groups excluding carboxylic acids is 2. The SMILES string of the molecule is CCCCCCCCCCOC(=O)[C@@H]1CCCN1C(=O)OC. The van der Waals surface area contributed by atoms with Gasteiger partial charge in [0.2, 0.25) is 0 Å². The number of carbonyl (C=O) groups is 2. The first-order chi connectivity index (χ1) is 10.7. The molecule has 1 atom stereocenters. The molecule has 0 unspecified atom stereocenters. The number of hydrogen-bond acceptors (Lipinski definition) is 4. The molecule has 0 aromatic rings. The van der Waals surface area contributed by atoms with Crippen LogP contribution in [0.3, 0.4) is 0 Å². The zero-order valence-corrected chi connectivity index (χ0v) is 14.1. The van der Waals surface area contributed by atoms with E-state index in [1.165, 1.54) is 50.5 Å². The summed E-state index contributed by atoms with van der Waals surface area (Å²) in [5, 5.41) is 0. The summed E-state index contributed by atoms with van der Waals surface area (Å²) < 4.78 is 10.00. The molecule has 0 radical (unpaired) electrons. The first kappa shape index (κ1) is 18.8. The Morgan fingerprint density at radius 1 is 1.05 bits per heavy atom. The van der Waals surface area contributed by atoms with E-state index in [2.05, 4.69) is 6.92 Å². The lowest BCUT2D eigenvalue weighted by molar-refractivity contribution is -0.148. The van der Waals surface area contributed by atoms with Gasteiger partial charge in [0.05, 0.1) is 13.7 Å². The summed E-state index contributed by atoms with van der Waals surface area (Å²) >= 11 is 0. The monoisotopic (exact) mass is 313 g/mol. The topological polar surface area (TPSA) is 55.8 Å². The second-order valence-electron chi connectivity index (χ2n) is 5.96. The molecule has 1 amide bonds. The molecule has 1 heterocycles. The van der Waals surface area contributed by atoms with Gasteiger partial charge < -0.3 is 9.47 Å². The minimum absolute atomic E-state index is 0.286. The highest BCUT2D eigenvalue weighted by Gasteiger charge is 2.35. The van der Waals surface area contributed by atoms with Crippen molar-refractivity contribution in [2.24, 2.45) is 0 Å². The molecule has 0 bridgehead atoms. The molecule has 0 aliphatic carbocycles.